The normalized spacial score (nSPS) is 12.0. The maximum Gasteiger partial charge on any atom is 0.257 e. The summed E-state index contributed by atoms with van der Waals surface area (Å²) in [5.74, 6) is -2.56. The van der Waals surface area contributed by atoms with Crippen molar-refractivity contribution in [1.29, 1.82) is 0 Å². The van der Waals surface area contributed by atoms with Crippen molar-refractivity contribution in [2.24, 2.45) is 0 Å². The summed E-state index contributed by atoms with van der Waals surface area (Å²) < 4.78 is 24.3. The van der Waals surface area contributed by atoms with Gasteiger partial charge in [-0.25, -0.2) is 8.78 Å². The van der Waals surface area contributed by atoms with Crippen molar-refractivity contribution < 1.29 is 8.78 Å². The Balaban J connectivity index is 3.02. The Kier molecular flexibility index (Phi) is 5.38. The third-order valence-corrected chi connectivity index (χ3v) is 1.39. The number of rotatable bonds is 6. The van der Waals surface area contributed by atoms with Crippen LogP contribution in [-0.4, -0.2) is 19.0 Å². The first-order valence-electron chi connectivity index (χ1n) is 4.15. The number of hydrogen-bond acceptors (Lipinski definition) is 1. The van der Waals surface area contributed by atoms with Crippen molar-refractivity contribution in [2.75, 3.05) is 13.1 Å². The van der Waals surface area contributed by atoms with Crippen LogP contribution in [0.5, 0.6) is 0 Å². The van der Waals surface area contributed by atoms with Gasteiger partial charge in [-0.1, -0.05) is 19.8 Å². The van der Waals surface area contributed by atoms with Gasteiger partial charge in [0, 0.05) is 6.92 Å². The van der Waals surface area contributed by atoms with E-state index in [1.54, 1.807) is 0 Å². The molecule has 0 aromatic rings. The molecule has 0 fully saturated rings. The number of unbranched alkanes of at least 4 members (excludes halogenated alkanes) is 2. The molecule has 0 amide bonds. The molecule has 0 aromatic carbocycles. The minimum Gasteiger partial charge on any atom is -0.311 e. The fourth-order valence-electron chi connectivity index (χ4n) is 0.808. The summed E-state index contributed by atoms with van der Waals surface area (Å²) in [6.45, 7) is 3.53. The monoisotopic (exact) mass is 165 g/mol. The molecule has 0 spiro atoms. The lowest BCUT2D eigenvalue weighted by molar-refractivity contribution is 0.0228. The Morgan fingerprint density at radius 2 is 1.91 bits per heavy atom. The van der Waals surface area contributed by atoms with Gasteiger partial charge in [-0.15, -0.1) is 0 Å². The van der Waals surface area contributed by atoms with Crippen molar-refractivity contribution in [2.45, 2.75) is 39.0 Å². The van der Waals surface area contributed by atoms with Gasteiger partial charge in [0.2, 0.25) is 0 Å². The molecule has 68 valence electrons. The first kappa shape index (κ1) is 10.8. The minimum absolute atomic E-state index is 0.198. The summed E-state index contributed by atoms with van der Waals surface area (Å²) in [4.78, 5) is 0. The molecular weight excluding hydrogens is 148 g/mol. The van der Waals surface area contributed by atoms with Gasteiger partial charge in [0.05, 0.1) is 6.54 Å². The highest BCUT2D eigenvalue weighted by atomic mass is 19.3. The summed E-state index contributed by atoms with van der Waals surface area (Å²) in [5.41, 5.74) is 0. The molecule has 0 aliphatic heterocycles. The fourth-order valence-corrected chi connectivity index (χ4v) is 0.808. The van der Waals surface area contributed by atoms with Gasteiger partial charge in [-0.2, -0.15) is 0 Å². The van der Waals surface area contributed by atoms with E-state index in [9.17, 15) is 8.78 Å². The highest BCUT2D eigenvalue weighted by molar-refractivity contribution is 4.61. The molecule has 0 unspecified atom stereocenters. The zero-order chi connectivity index (χ0) is 8.74. The highest BCUT2D eigenvalue weighted by Crippen LogP contribution is 2.08. The first-order valence-corrected chi connectivity index (χ1v) is 4.15. The van der Waals surface area contributed by atoms with Crippen LogP contribution in [0.4, 0.5) is 8.78 Å². The number of alkyl halides is 2. The molecule has 0 rings (SSSR count). The fraction of sp³-hybridized carbons (Fsp3) is 1.00. The third kappa shape index (κ3) is 9.82. The Bertz CT molecular complexity index is 88.6. The Labute approximate surface area is 67.2 Å². The average molecular weight is 165 g/mol. The molecule has 11 heavy (non-hydrogen) atoms. The summed E-state index contributed by atoms with van der Waals surface area (Å²) in [6, 6.07) is 0. The maximum atomic E-state index is 12.2. The average Bonchev–Trinajstić information content (AvgIpc) is 1.85. The van der Waals surface area contributed by atoms with Crippen molar-refractivity contribution in [3.05, 3.63) is 0 Å². The van der Waals surface area contributed by atoms with E-state index in [2.05, 4.69) is 12.2 Å². The zero-order valence-corrected chi connectivity index (χ0v) is 7.29. The van der Waals surface area contributed by atoms with E-state index < -0.39 is 5.92 Å². The summed E-state index contributed by atoms with van der Waals surface area (Å²) in [6.07, 6.45) is 3.24. The van der Waals surface area contributed by atoms with E-state index in [0.717, 1.165) is 26.2 Å². The lowest BCUT2D eigenvalue weighted by atomic mass is 10.2. The van der Waals surface area contributed by atoms with E-state index in [4.69, 9.17) is 0 Å². The van der Waals surface area contributed by atoms with Crippen LogP contribution in [0.25, 0.3) is 0 Å². The molecule has 1 nitrogen and oxygen atoms in total. The van der Waals surface area contributed by atoms with Crippen LogP contribution in [0.3, 0.4) is 0 Å². The molecule has 0 saturated heterocycles. The van der Waals surface area contributed by atoms with Crippen molar-refractivity contribution >= 4 is 0 Å². The molecule has 0 aliphatic carbocycles. The number of nitrogens with one attached hydrogen (secondary N) is 1. The molecule has 0 radical (unpaired) electrons. The second kappa shape index (κ2) is 5.47. The second-order valence-corrected chi connectivity index (χ2v) is 2.95. The Hall–Kier alpha value is -0.180. The van der Waals surface area contributed by atoms with Crippen LogP contribution >= 0.6 is 0 Å². The Morgan fingerprint density at radius 1 is 1.27 bits per heavy atom. The van der Waals surface area contributed by atoms with Crippen LogP contribution < -0.4 is 5.32 Å². The van der Waals surface area contributed by atoms with Gasteiger partial charge in [0.25, 0.3) is 5.92 Å². The molecule has 0 bridgehead atoms. The smallest absolute Gasteiger partial charge is 0.257 e. The van der Waals surface area contributed by atoms with Crippen molar-refractivity contribution in [3.8, 4) is 0 Å². The van der Waals surface area contributed by atoms with Crippen LogP contribution in [0, 0.1) is 0 Å². The van der Waals surface area contributed by atoms with E-state index in [0.29, 0.717) is 6.54 Å². The summed E-state index contributed by atoms with van der Waals surface area (Å²) in [5, 5.41) is 2.71. The molecular formula is C8H17F2N. The number of hydrogen-bond donors (Lipinski definition) is 1. The lowest BCUT2D eigenvalue weighted by Crippen LogP contribution is -2.30. The molecule has 0 heterocycles. The van der Waals surface area contributed by atoms with E-state index in [-0.39, 0.29) is 6.54 Å². The van der Waals surface area contributed by atoms with Crippen LogP contribution in [0.1, 0.15) is 33.1 Å². The summed E-state index contributed by atoms with van der Waals surface area (Å²) >= 11 is 0. The SMILES string of the molecule is CCCCCNCC(C)(F)F. The van der Waals surface area contributed by atoms with E-state index in [1.165, 1.54) is 0 Å². The minimum atomic E-state index is -2.56. The topological polar surface area (TPSA) is 12.0 Å². The molecule has 0 aromatic heterocycles. The maximum absolute atomic E-state index is 12.2. The zero-order valence-electron chi connectivity index (χ0n) is 7.29. The predicted molar refractivity (Wildman–Crippen MR) is 43.0 cm³/mol. The lowest BCUT2D eigenvalue weighted by Gasteiger charge is -2.10. The number of halogens is 2. The van der Waals surface area contributed by atoms with Gasteiger partial charge in [-0.3, -0.25) is 0 Å². The van der Waals surface area contributed by atoms with Crippen LogP contribution in [0.2, 0.25) is 0 Å². The van der Waals surface area contributed by atoms with Gasteiger partial charge >= 0.3 is 0 Å². The molecule has 0 aliphatic rings. The highest BCUT2D eigenvalue weighted by Gasteiger charge is 2.19. The standard InChI is InChI=1S/C8H17F2N/c1-3-4-5-6-11-7-8(2,9)10/h11H,3-7H2,1-2H3. The van der Waals surface area contributed by atoms with Gasteiger partial charge in [0.1, 0.15) is 0 Å². The van der Waals surface area contributed by atoms with Gasteiger partial charge < -0.3 is 5.32 Å². The Morgan fingerprint density at radius 3 is 2.36 bits per heavy atom. The van der Waals surface area contributed by atoms with E-state index >= 15 is 0 Å². The van der Waals surface area contributed by atoms with Crippen LogP contribution in [-0.2, 0) is 0 Å². The third-order valence-electron chi connectivity index (χ3n) is 1.39. The largest absolute Gasteiger partial charge is 0.311 e. The molecule has 1 N–H and O–H groups in total. The first-order chi connectivity index (χ1) is 5.06. The van der Waals surface area contributed by atoms with E-state index in [1.807, 2.05) is 0 Å². The molecule has 3 heteroatoms. The van der Waals surface area contributed by atoms with Gasteiger partial charge in [0.15, 0.2) is 0 Å². The van der Waals surface area contributed by atoms with Crippen LogP contribution in [0.15, 0.2) is 0 Å². The summed E-state index contributed by atoms with van der Waals surface area (Å²) in [7, 11) is 0. The quantitative estimate of drug-likeness (QED) is 0.596. The molecule has 0 atom stereocenters. The van der Waals surface area contributed by atoms with Crippen molar-refractivity contribution in [1.82, 2.24) is 5.32 Å². The predicted octanol–water partition coefficient (Wildman–Crippen LogP) is 2.42. The van der Waals surface area contributed by atoms with Crippen molar-refractivity contribution in [3.63, 3.8) is 0 Å². The van der Waals surface area contributed by atoms with Gasteiger partial charge in [-0.05, 0) is 13.0 Å². The second-order valence-electron chi connectivity index (χ2n) is 2.95. The molecule has 0 saturated carbocycles.